The van der Waals surface area contributed by atoms with Crippen LogP contribution < -0.4 is 24.0 Å². The Morgan fingerprint density at radius 3 is 2.10 bits per heavy atom. The van der Waals surface area contributed by atoms with Crippen LogP contribution in [0.4, 0.5) is 10.5 Å². The van der Waals surface area contributed by atoms with Crippen LogP contribution in [0.3, 0.4) is 0 Å². The van der Waals surface area contributed by atoms with Gasteiger partial charge in [-0.05, 0) is 37.2 Å². The molecule has 0 saturated heterocycles. The molecule has 1 amide bonds. The van der Waals surface area contributed by atoms with Crippen LogP contribution in [0.25, 0.3) is 5.32 Å². The SMILES string of the molecule is C/C=C1\CC(C)(C)CCC1OC(=O)[N-]c1ccccc1.C[Si](C)c1ccccc1.[Cu].[Li+]. The molecule has 1 saturated carbocycles. The zero-order valence-corrected chi connectivity index (χ0v) is 21.6. The van der Waals surface area contributed by atoms with Gasteiger partial charge in [0.15, 0.2) is 0 Å². The van der Waals surface area contributed by atoms with Crippen LogP contribution in [-0.2, 0) is 21.8 Å². The van der Waals surface area contributed by atoms with E-state index in [1.54, 1.807) is 12.1 Å². The summed E-state index contributed by atoms with van der Waals surface area (Å²) in [5.74, 6) is 0. The number of nitrogens with zero attached hydrogens (tertiary/aromatic N) is 1. The van der Waals surface area contributed by atoms with Gasteiger partial charge in [-0.15, -0.1) is 5.69 Å². The van der Waals surface area contributed by atoms with E-state index >= 15 is 0 Å². The molecule has 0 spiro atoms. The zero-order chi connectivity index (χ0) is 21.3. The first-order valence-electron chi connectivity index (χ1n) is 10.3. The van der Waals surface area contributed by atoms with Gasteiger partial charge >= 0.3 is 18.9 Å². The maximum atomic E-state index is 11.9. The van der Waals surface area contributed by atoms with Gasteiger partial charge in [-0.25, -0.2) is 0 Å². The minimum Gasteiger partial charge on any atom is -0.591 e. The number of hydrogen-bond donors (Lipinski definition) is 0. The van der Waals surface area contributed by atoms with E-state index in [9.17, 15) is 4.79 Å². The average Bonchev–Trinajstić information content (AvgIpc) is 2.71. The van der Waals surface area contributed by atoms with Crippen LogP contribution in [0, 0.1) is 5.41 Å². The van der Waals surface area contributed by atoms with E-state index in [1.165, 1.54) is 10.8 Å². The third kappa shape index (κ3) is 10.8. The summed E-state index contributed by atoms with van der Waals surface area (Å²) >= 11 is 0. The van der Waals surface area contributed by atoms with Crippen molar-refractivity contribution >= 4 is 25.8 Å². The first kappa shape index (κ1) is 29.8. The molecule has 1 fully saturated rings. The topological polar surface area (TPSA) is 40.4 Å². The van der Waals surface area contributed by atoms with Crippen molar-refractivity contribution in [2.24, 2.45) is 5.41 Å². The second kappa shape index (κ2) is 14.8. The average molecular weight is 478 g/mol. The van der Waals surface area contributed by atoms with Gasteiger partial charge in [0.2, 0.25) is 6.09 Å². The predicted octanol–water partition coefficient (Wildman–Crippen LogP) is 4.00. The van der Waals surface area contributed by atoms with E-state index in [4.69, 9.17) is 4.74 Å². The minimum absolute atomic E-state index is 0. The second-order valence-electron chi connectivity index (χ2n) is 8.43. The number of carbonyl (C=O) groups excluding carboxylic acids is 1. The standard InChI is InChI=1S/C17H23NO2.C8H11Si.Cu.Li/c1-4-13-12-17(2,3)11-10-15(13)20-16(19)18-14-8-6-5-7-9-14;1-9(2)8-6-4-3-5-7-8;;/h4-9,15H,10-12H2,1-3H3,(H,18,19);3-7H,1-2H3;;/q;;;+1/p-1/b13-4+;;;. The van der Waals surface area contributed by atoms with Gasteiger partial charge in [0.1, 0.15) is 6.10 Å². The van der Waals surface area contributed by atoms with Crippen LogP contribution in [-0.4, -0.2) is 21.0 Å². The molecule has 166 valence electrons. The fourth-order valence-electron chi connectivity index (χ4n) is 3.41. The maximum Gasteiger partial charge on any atom is 1.00 e. The molecule has 0 N–H and O–H groups in total. The number of amides is 1. The normalized spacial score (nSPS) is 18.0. The van der Waals surface area contributed by atoms with Gasteiger partial charge in [0.25, 0.3) is 0 Å². The van der Waals surface area contributed by atoms with E-state index in [1.807, 2.05) is 25.1 Å². The number of hydrogen-bond acceptors (Lipinski definition) is 2. The van der Waals surface area contributed by atoms with Crippen LogP contribution in [0.15, 0.2) is 72.3 Å². The molecule has 2 aromatic rings. The van der Waals surface area contributed by atoms with E-state index in [0.29, 0.717) is 11.1 Å². The Morgan fingerprint density at radius 1 is 1.06 bits per heavy atom. The van der Waals surface area contributed by atoms with Crippen LogP contribution in [0.1, 0.15) is 40.0 Å². The van der Waals surface area contributed by atoms with Gasteiger partial charge in [0, 0.05) is 17.1 Å². The molecule has 3 nitrogen and oxygen atoms in total. The molecule has 2 radical (unpaired) electrons. The summed E-state index contributed by atoms with van der Waals surface area (Å²) in [7, 11) is -0.212. The number of allylic oxidation sites excluding steroid dienone is 1. The summed E-state index contributed by atoms with van der Waals surface area (Å²) in [5.41, 5.74) is 2.13. The molecule has 1 unspecified atom stereocenters. The van der Waals surface area contributed by atoms with Crippen molar-refractivity contribution in [3.63, 3.8) is 0 Å². The third-order valence-corrected chi connectivity index (χ3v) is 6.61. The molecule has 2 aromatic carbocycles. The number of para-hydroxylation sites is 1. The number of ether oxygens (including phenoxy) is 1. The molecule has 31 heavy (non-hydrogen) atoms. The first-order valence-corrected chi connectivity index (χ1v) is 12.8. The van der Waals surface area contributed by atoms with Crippen molar-refractivity contribution in [3.05, 3.63) is 77.6 Å². The molecule has 0 bridgehead atoms. The Balaban J connectivity index is 0.000000695. The van der Waals surface area contributed by atoms with Gasteiger partial charge in [-0.2, -0.15) is 0 Å². The fraction of sp³-hybridized carbons (Fsp3) is 0.400. The van der Waals surface area contributed by atoms with Crippen LogP contribution >= 0.6 is 0 Å². The summed E-state index contributed by atoms with van der Waals surface area (Å²) < 4.78 is 5.52. The van der Waals surface area contributed by atoms with Crippen molar-refractivity contribution in [2.75, 3.05) is 0 Å². The summed E-state index contributed by atoms with van der Waals surface area (Å²) in [4.78, 5) is 11.9. The zero-order valence-electron chi connectivity index (χ0n) is 19.6. The second-order valence-corrected chi connectivity index (χ2v) is 11.0. The van der Waals surface area contributed by atoms with Gasteiger partial charge in [0.05, 0.1) is 8.80 Å². The molecule has 0 heterocycles. The van der Waals surface area contributed by atoms with E-state index in [2.05, 4.69) is 68.7 Å². The number of benzene rings is 2. The summed E-state index contributed by atoms with van der Waals surface area (Å²) in [6.45, 7) is 11.1. The van der Waals surface area contributed by atoms with Crippen LogP contribution in [0.5, 0.6) is 0 Å². The molecule has 3 rings (SSSR count). The molecule has 6 heteroatoms. The molecule has 0 aliphatic heterocycles. The summed E-state index contributed by atoms with van der Waals surface area (Å²) in [6.07, 6.45) is 4.37. The molecule has 1 atom stereocenters. The molecule has 1 aliphatic carbocycles. The van der Waals surface area contributed by atoms with E-state index in [0.717, 1.165) is 19.3 Å². The molecule has 1 aliphatic rings. The first-order chi connectivity index (χ1) is 13.8. The molecular formula is C25H33CuLiNO2Si. The Bertz CT molecular complexity index is 798. The van der Waals surface area contributed by atoms with E-state index in [-0.39, 0.29) is 50.8 Å². The van der Waals surface area contributed by atoms with Crippen molar-refractivity contribution in [1.82, 2.24) is 0 Å². The Kier molecular flexibility index (Phi) is 14.2. The fourth-order valence-corrected chi connectivity index (χ4v) is 4.27. The quantitative estimate of drug-likeness (QED) is 0.495. The van der Waals surface area contributed by atoms with Crippen molar-refractivity contribution in [3.8, 4) is 0 Å². The number of carbonyl (C=O) groups is 1. The van der Waals surface area contributed by atoms with Gasteiger partial charge in [-0.1, -0.05) is 98.9 Å². The summed E-state index contributed by atoms with van der Waals surface area (Å²) in [5, 5.41) is 5.49. The van der Waals surface area contributed by atoms with Gasteiger partial charge < -0.3 is 10.1 Å². The van der Waals surface area contributed by atoms with Crippen molar-refractivity contribution < 1.29 is 45.5 Å². The number of rotatable bonds is 3. The Labute approximate surface area is 212 Å². The Morgan fingerprint density at radius 2 is 1.61 bits per heavy atom. The van der Waals surface area contributed by atoms with Gasteiger partial charge in [-0.3, -0.25) is 4.79 Å². The molecular weight excluding hydrogens is 445 g/mol. The van der Waals surface area contributed by atoms with Crippen LogP contribution in [0.2, 0.25) is 13.1 Å². The third-order valence-electron chi connectivity index (χ3n) is 5.12. The largest absolute Gasteiger partial charge is 1.00 e. The maximum absolute atomic E-state index is 11.9. The Hall–Kier alpha value is -1.22. The van der Waals surface area contributed by atoms with Crippen molar-refractivity contribution in [1.29, 1.82) is 0 Å². The molecule has 0 aromatic heterocycles. The van der Waals surface area contributed by atoms with E-state index < -0.39 is 6.09 Å². The predicted molar refractivity (Wildman–Crippen MR) is 125 cm³/mol. The minimum atomic E-state index is -0.500. The smallest absolute Gasteiger partial charge is 0.591 e. The monoisotopic (exact) mass is 477 g/mol. The summed E-state index contributed by atoms with van der Waals surface area (Å²) in [6, 6.07) is 19.9. The van der Waals surface area contributed by atoms with Crippen molar-refractivity contribution in [2.45, 2.75) is 59.2 Å².